The average Bonchev–Trinajstić information content (AvgIpc) is 3.41. The van der Waals surface area contributed by atoms with E-state index in [9.17, 15) is 34.2 Å². The van der Waals surface area contributed by atoms with Crippen LogP contribution in [0.2, 0.25) is 0 Å². The number of aromatic amines is 1. The summed E-state index contributed by atoms with van der Waals surface area (Å²) in [6.07, 6.45) is 3.30. The number of amides is 3. The van der Waals surface area contributed by atoms with Crippen LogP contribution in [-0.4, -0.2) is 85.7 Å². The van der Waals surface area contributed by atoms with Gasteiger partial charge in [0.1, 0.15) is 23.9 Å². The molecule has 2 aromatic rings. The van der Waals surface area contributed by atoms with Crippen molar-refractivity contribution in [3.63, 3.8) is 0 Å². The standard InChI is InChI=1S/C25H35N7O8/c26-8-2-1-3-17(27)22(36)30-18(9-14-4-6-16(33)7-5-14)23(37)31-19(10-15-12-28-13-29-15)24(38)32-20(25(39)40)11-21(34)35/h4-7,12-13,17-20,33H,1-3,8-11,26-27H2,(H,28,29)(H,30,36)(H,31,37)(H,32,38)(H,34,35)(H,39,40). The van der Waals surface area contributed by atoms with Gasteiger partial charge in [-0.3, -0.25) is 19.2 Å². The first-order valence-electron chi connectivity index (χ1n) is 12.6. The molecule has 40 heavy (non-hydrogen) atoms. The maximum Gasteiger partial charge on any atom is 0.326 e. The molecule has 4 unspecified atom stereocenters. The minimum absolute atomic E-state index is 0.00125. The lowest BCUT2D eigenvalue weighted by Gasteiger charge is -2.25. The summed E-state index contributed by atoms with van der Waals surface area (Å²) < 4.78 is 0. The molecule has 15 heteroatoms. The number of nitrogens with zero attached hydrogens (tertiary/aromatic N) is 1. The normalized spacial score (nSPS) is 13.8. The molecular weight excluding hydrogens is 526 g/mol. The van der Waals surface area contributed by atoms with E-state index >= 15 is 0 Å². The lowest BCUT2D eigenvalue weighted by Crippen LogP contribution is -2.58. The molecule has 1 aromatic carbocycles. The summed E-state index contributed by atoms with van der Waals surface area (Å²) in [7, 11) is 0. The van der Waals surface area contributed by atoms with E-state index in [0.717, 1.165) is 0 Å². The highest BCUT2D eigenvalue weighted by Crippen LogP contribution is 2.12. The van der Waals surface area contributed by atoms with E-state index in [4.69, 9.17) is 16.6 Å². The van der Waals surface area contributed by atoms with Crippen LogP contribution >= 0.6 is 0 Å². The van der Waals surface area contributed by atoms with Gasteiger partial charge < -0.3 is 47.7 Å². The van der Waals surface area contributed by atoms with E-state index in [1.54, 1.807) is 12.1 Å². The van der Waals surface area contributed by atoms with Crippen molar-refractivity contribution in [2.45, 2.75) is 62.7 Å². The number of nitrogens with two attached hydrogens (primary N) is 2. The maximum atomic E-state index is 13.4. The number of phenolic OH excluding ortho intramolecular Hbond substituents is 1. The largest absolute Gasteiger partial charge is 0.508 e. The number of carbonyl (C=O) groups excluding carboxylic acids is 3. The van der Waals surface area contributed by atoms with E-state index in [2.05, 4.69) is 25.9 Å². The third-order valence-electron chi connectivity index (χ3n) is 5.92. The number of imidazole rings is 1. The van der Waals surface area contributed by atoms with Crippen LogP contribution in [0.3, 0.4) is 0 Å². The Morgan fingerprint density at radius 2 is 1.48 bits per heavy atom. The van der Waals surface area contributed by atoms with Crippen molar-refractivity contribution in [3.8, 4) is 5.75 Å². The molecule has 15 nitrogen and oxygen atoms in total. The number of carboxylic acids is 2. The topological polar surface area (TPSA) is 263 Å². The van der Waals surface area contributed by atoms with Crippen molar-refractivity contribution in [1.29, 1.82) is 0 Å². The molecule has 0 aliphatic rings. The number of aromatic nitrogens is 2. The molecule has 0 spiro atoms. The number of hydrogen-bond donors (Lipinski definition) is 9. The summed E-state index contributed by atoms with van der Waals surface area (Å²) in [5, 5.41) is 35.2. The number of aliphatic carboxylic acids is 2. The summed E-state index contributed by atoms with van der Waals surface area (Å²) in [5.74, 6) is -5.34. The van der Waals surface area contributed by atoms with E-state index in [-0.39, 0.29) is 18.6 Å². The number of nitrogens with one attached hydrogen (secondary N) is 4. The van der Waals surface area contributed by atoms with Crippen molar-refractivity contribution in [2.24, 2.45) is 11.5 Å². The van der Waals surface area contributed by atoms with Gasteiger partial charge in [0.25, 0.3) is 0 Å². The third kappa shape index (κ3) is 10.7. The van der Waals surface area contributed by atoms with Gasteiger partial charge in [-0.05, 0) is 37.1 Å². The highest BCUT2D eigenvalue weighted by Gasteiger charge is 2.31. The van der Waals surface area contributed by atoms with Gasteiger partial charge in [-0.2, -0.15) is 0 Å². The molecule has 0 bridgehead atoms. The average molecular weight is 562 g/mol. The van der Waals surface area contributed by atoms with Crippen molar-refractivity contribution in [3.05, 3.63) is 48.0 Å². The number of carboxylic acid groups (broad SMARTS) is 2. The SMILES string of the molecule is NCCCCC(N)C(=O)NC(Cc1ccc(O)cc1)C(=O)NC(Cc1cnc[nH]1)C(=O)NC(CC(=O)O)C(=O)O. The monoisotopic (exact) mass is 561 g/mol. The second kappa shape index (κ2) is 15.8. The van der Waals surface area contributed by atoms with Crippen LogP contribution < -0.4 is 27.4 Å². The number of hydrogen-bond acceptors (Lipinski definition) is 9. The van der Waals surface area contributed by atoms with Crippen molar-refractivity contribution < 1.29 is 39.3 Å². The zero-order valence-corrected chi connectivity index (χ0v) is 21.7. The summed E-state index contributed by atoms with van der Waals surface area (Å²) >= 11 is 0. The molecule has 4 atom stereocenters. The number of carbonyl (C=O) groups is 5. The summed E-state index contributed by atoms with van der Waals surface area (Å²) in [5.41, 5.74) is 12.5. The molecule has 0 aliphatic carbocycles. The predicted molar refractivity (Wildman–Crippen MR) is 141 cm³/mol. The highest BCUT2D eigenvalue weighted by atomic mass is 16.4. The molecule has 2 rings (SSSR count). The van der Waals surface area contributed by atoms with Gasteiger partial charge in [-0.15, -0.1) is 0 Å². The molecule has 1 heterocycles. The van der Waals surface area contributed by atoms with Gasteiger partial charge >= 0.3 is 11.9 Å². The molecular formula is C25H35N7O8. The predicted octanol–water partition coefficient (Wildman–Crippen LogP) is -1.63. The number of benzene rings is 1. The zero-order valence-electron chi connectivity index (χ0n) is 21.7. The first kappa shape index (κ1) is 31.7. The van der Waals surface area contributed by atoms with Crippen molar-refractivity contribution >= 4 is 29.7 Å². The Morgan fingerprint density at radius 1 is 0.875 bits per heavy atom. The zero-order chi connectivity index (χ0) is 29.7. The van der Waals surface area contributed by atoms with Crippen LogP contribution in [0.4, 0.5) is 0 Å². The summed E-state index contributed by atoms with van der Waals surface area (Å²) in [6, 6.07) is 0.706. The Labute approximate surface area is 229 Å². The number of aromatic hydroxyl groups is 1. The molecule has 0 radical (unpaired) electrons. The van der Waals surface area contributed by atoms with Crippen molar-refractivity contribution in [1.82, 2.24) is 25.9 Å². The van der Waals surface area contributed by atoms with E-state index < -0.39 is 60.2 Å². The lowest BCUT2D eigenvalue weighted by molar-refractivity contribution is -0.147. The minimum atomic E-state index is -1.75. The number of phenols is 1. The fourth-order valence-electron chi connectivity index (χ4n) is 3.74. The Kier molecular flexibility index (Phi) is 12.5. The van der Waals surface area contributed by atoms with Crippen LogP contribution in [-0.2, 0) is 36.8 Å². The second-order valence-electron chi connectivity index (χ2n) is 9.16. The van der Waals surface area contributed by atoms with Gasteiger partial charge in [-0.25, -0.2) is 9.78 Å². The lowest BCUT2D eigenvalue weighted by atomic mass is 10.0. The van der Waals surface area contributed by atoms with Gasteiger partial charge in [0.2, 0.25) is 17.7 Å². The quantitative estimate of drug-likeness (QED) is 0.0990. The van der Waals surface area contributed by atoms with Gasteiger partial charge in [0.15, 0.2) is 0 Å². The number of unbranched alkanes of at least 4 members (excludes halogenated alkanes) is 1. The molecule has 218 valence electrons. The maximum absolute atomic E-state index is 13.4. The number of H-pyrrole nitrogens is 1. The van der Waals surface area contributed by atoms with Crippen LogP contribution in [0.15, 0.2) is 36.8 Å². The Balaban J connectivity index is 2.26. The first-order chi connectivity index (χ1) is 19.0. The fraction of sp³-hybridized carbons (Fsp3) is 0.440. The smallest absolute Gasteiger partial charge is 0.326 e. The Bertz CT molecular complexity index is 1140. The minimum Gasteiger partial charge on any atom is -0.508 e. The summed E-state index contributed by atoms with van der Waals surface area (Å²) in [6.45, 7) is 0.440. The van der Waals surface area contributed by atoms with E-state index in [0.29, 0.717) is 37.1 Å². The molecule has 0 saturated heterocycles. The third-order valence-corrected chi connectivity index (χ3v) is 5.92. The molecule has 11 N–H and O–H groups in total. The van der Waals surface area contributed by atoms with E-state index in [1.165, 1.54) is 24.7 Å². The van der Waals surface area contributed by atoms with Crippen LogP contribution in [0, 0.1) is 0 Å². The van der Waals surface area contributed by atoms with Crippen LogP contribution in [0.25, 0.3) is 0 Å². The molecule has 3 amide bonds. The van der Waals surface area contributed by atoms with Gasteiger partial charge in [-0.1, -0.05) is 18.6 Å². The molecule has 0 fully saturated rings. The summed E-state index contributed by atoms with van der Waals surface area (Å²) in [4.78, 5) is 68.4. The number of rotatable bonds is 17. The molecule has 0 saturated carbocycles. The Hall–Kier alpha value is -4.50. The van der Waals surface area contributed by atoms with E-state index in [1.807, 2.05) is 0 Å². The van der Waals surface area contributed by atoms with Gasteiger partial charge in [0.05, 0.1) is 18.8 Å². The van der Waals surface area contributed by atoms with Crippen LogP contribution in [0.1, 0.15) is 36.9 Å². The molecule has 1 aromatic heterocycles. The first-order valence-corrected chi connectivity index (χ1v) is 12.6. The fourth-order valence-corrected chi connectivity index (χ4v) is 3.74. The molecule has 0 aliphatic heterocycles. The van der Waals surface area contributed by atoms with Gasteiger partial charge in [0, 0.05) is 24.7 Å². The van der Waals surface area contributed by atoms with Crippen molar-refractivity contribution in [2.75, 3.05) is 6.54 Å². The van der Waals surface area contributed by atoms with Crippen LogP contribution in [0.5, 0.6) is 5.75 Å². The second-order valence-corrected chi connectivity index (χ2v) is 9.16. The highest BCUT2D eigenvalue weighted by molar-refractivity contribution is 5.94. The Morgan fingerprint density at radius 3 is 2.02 bits per heavy atom.